The smallest absolute Gasteiger partial charge is 0.123 e. The van der Waals surface area contributed by atoms with E-state index < -0.39 is 0 Å². The van der Waals surface area contributed by atoms with Crippen molar-refractivity contribution in [2.24, 2.45) is 0 Å². The predicted octanol–water partition coefficient (Wildman–Crippen LogP) is 2.98. The van der Waals surface area contributed by atoms with Crippen LogP contribution in [0.5, 0.6) is 5.75 Å². The van der Waals surface area contributed by atoms with Gasteiger partial charge < -0.3 is 9.47 Å². The molecule has 0 fully saturated rings. The monoisotopic (exact) mass is 232 g/mol. The van der Waals surface area contributed by atoms with Crippen LogP contribution in [0.2, 0.25) is 0 Å². The van der Waals surface area contributed by atoms with Gasteiger partial charge in [-0.3, -0.25) is 0 Å². The van der Waals surface area contributed by atoms with Crippen LogP contribution in [0.25, 0.3) is 0 Å². The highest BCUT2D eigenvalue weighted by atomic mass is 35.5. The van der Waals surface area contributed by atoms with E-state index in [1.807, 2.05) is 0 Å². The van der Waals surface area contributed by atoms with Gasteiger partial charge in [0.1, 0.15) is 11.6 Å². The molecule has 0 spiro atoms. The second kappa shape index (κ2) is 6.64. The number of halogens is 2. The number of ether oxygens (including phenoxy) is 2. The van der Waals surface area contributed by atoms with Crippen molar-refractivity contribution >= 4 is 11.6 Å². The van der Waals surface area contributed by atoms with Gasteiger partial charge in [-0.15, -0.1) is 11.6 Å². The summed E-state index contributed by atoms with van der Waals surface area (Å²) in [6.07, 6.45) is 0.801. The van der Waals surface area contributed by atoms with E-state index in [1.54, 1.807) is 13.2 Å². The number of alkyl halides is 1. The van der Waals surface area contributed by atoms with E-state index >= 15 is 0 Å². The zero-order valence-electron chi connectivity index (χ0n) is 8.63. The Balaban J connectivity index is 2.52. The third-order valence-corrected chi connectivity index (χ3v) is 2.20. The fourth-order valence-corrected chi connectivity index (χ4v) is 1.39. The van der Waals surface area contributed by atoms with Gasteiger partial charge in [0.25, 0.3) is 0 Å². The van der Waals surface area contributed by atoms with E-state index in [0.717, 1.165) is 6.42 Å². The first-order valence-corrected chi connectivity index (χ1v) is 5.27. The van der Waals surface area contributed by atoms with Crippen molar-refractivity contribution in [2.45, 2.75) is 12.3 Å². The van der Waals surface area contributed by atoms with Crippen molar-refractivity contribution < 1.29 is 13.9 Å². The Hall–Kier alpha value is -0.800. The molecule has 0 bridgehead atoms. The van der Waals surface area contributed by atoms with Crippen LogP contribution in [0, 0.1) is 5.82 Å². The third-order valence-electron chi connectivity index (χ3n) is 1.92. The summed E-state index contributed by atoms with van der Waals surface area (Å²) < 4.78 is 23.2. The molecule has 0 unspecified atom stereocenters. The summed E-state index contributed by atoms with van der Waals surface area (Å²) in [6.45, 7) is 1.20. The Morgan fingerprint density at radius 3 is 2.80 bits per heavy atom. The Morgan fingerprint density at radius 1 is 1.33 bits per heavy atom. The van der Waals surface area contributed by atoms with Crippen molar-refractivity contribution in [3.05, 3.63) is 29.6 Å². The van der Waals surface area contributed by atoms with Crippen molar-refractivity contribution in [1.29, 1.82) is 0 Å². The molecule has 0 radical (unpaired) electrons. The molecule has 0 heterocycles. The van der Waals surface area contributed by atoms with Crippen LogP contribution >= 0.6 is 11.6 Å². The fraction of sp³-hybridized carbons (Fsp3) is 0.455. The molecule has 0 aliphatic rings. The largest absolute Gasteiger partial charge is 0.493 e. The number of rotatable bonds is 6. The van der Waals surface area contributed by atoms with Crippen LogP contribution in [0.4, 0.5) is 4.39 Å². The molecule has 0 atom stereocenters. The molecular weight excluding hydrogens is 219 g/mol. The highest BCUT2D eigenvalue weighted by Crippen LogP contribution is 2.21. The summed E-state index contributed by atoms with van der Waals surface area (Å²) in [5, 5.41) is 0. The summed E-state index contributed by atoms with van der Waals surface area (Å²) in [5.74, 6) is 0.592. The highest BCUT2D eigenvalue weighted by Gasteiger charge is 2.03. The topological polar surface area (TPSA) is 18.5 Å². The van der Waals surface area contributed by atoms with Crippen LogP contribution in [0.1, 0.15) is 12.0 Å². The van der Waals surface area contributed by atoms with Crippen LogP contribution < -0.4 is 4.74 Å². The van der Waals surface area contributed by atoms with Gasteiger partial charge in [0, 0.05) is 25.7 Å². The summed E-state index contributed by atoms with van der Waals surface area (Å²) in [6, 6.07) is 4.35. The van der Waals surface area contributed by atoms with Gasteiger partial charge in [-0.25, -0.2) is 4.39 Å². The number of hydrogen-bond acceptors (Lipinski definition) is 2. The summed E-state index contributed by atoms with van der Waals surface area (Å²) in [4.78, 5) is 0. The molecule has 0 N–H and O–H groups in total. The molecular formula is C11H14ClFO2. The molecule has 15 heavy (non-hydrogen) atoms. The lowest BCUT2D eigenvalue weighted by molar-refractivity contribution is 0.172. The first-order valence-electron chi connectivity index (χ1n) is 4.74. The molecule has 1 aromatic rings. The maximum atomic E-state index is 12.8. The molecule has 0 aliphatic carbocycles. The van der Waals surface area contributed by atoms with Gasteiger partial charge in [-0.05, 0) is 18.2 Å². The van der Waals surface area contributed by atoms with Crippen molar-refractivity contribution in [2.75, 3.05) is 20.3 Å². The van der Waals surface area contributed by atoms with E-state index in [-0.39, 0.29) is 11.7 Å². The van der Waals surface area contributed by atoms with Crippen LogP contribution in [-0.2, 0) is 10.6 Å². The van der Waals surface area contributed by atoms with E-state index in [4.69, 9.17) is 21.1 Å². The zero-order valence-corrected chi connectivity index (χ0v) is 9.39. The normalized spacial score (nSPS) is 10.3. The maximum absolute atomic E-state index is 12.8. The van der Waals surface area contributed by atoms with Gasteiger partial charge in [0.05, 0.1) is 12.5 Å². The Kier molecular flexibility index (Phi) is 5.43. The second-order valence-corrected chi connectivity index (χ2v) is 3.35. The molecule has 1 rings (SSSR count). The highest BCUT2D eigenvalue weighted by molar-refractivity contribution is 6.17. The summed E-state index contributed by atoms with van der Waals surface area (Å²) in [5.41, 5.74) is 0.675. The van der Waals surface area contributed by atoms with E-state index in [9.17, 15) is 4.39 Å². The molecule has 0 aromatic heterocycles. The molecule has 4 heteroatoms. The molecule has 0 saturated carbocycles. The molecule has 1 aromatic carbocycles. The van der Waals surface area contributed by atoms with Gasteiger partial charge in [-0.2, -0.15) is 0 Å². The molecule has 2 nitrogen and oxygen atoms in total. The van der Waals surface area contributed by atoms with Gasteiger partial charge in [-0.1, -0.05) is 0 Å². The van der Waals surface area contributed by atoms with E-state index in [1.165, 1.54) is 12.1 Å². The molecule has 0 amide bonds. The Labute approximate surface area is 94.0 Å². The lowest BCUT2D eigenvalue weighted by Crippen LogP contribution is -2.03. The summed E-state index contributed by atoms with van der Waals surface area (Å²) in [7, 11) is 1.64. The number of hydrogen-bond donors (Lipinski definition) is 0. The van der Waals surface area contributed by atoms with Crippen molar-refractivity contribution in [3.8, 4) is 5.75 Å². The Morgan fingerprint density at radius 2 is 2.13 bits per heavy atom. The first kappa shape index (κ1) is 12.3. The van der Waals surface area contributed by atoms with E-state index in [0.29, 0.717) is 24.5 Å². The molecule has 84 valence electrons. The third kappa shape index (κ3) is 4.06. The van der Waals surface area contributed by atoms with Crippen molar-refractivity contribution in [1.82, 2.24) is 0 Å². The van der Waals surface area contributed by atoms with Gasteiger partial charge in [0.15, 0.2) is 0 Å². The average Bonchev–Trinajstić information content (AvgIpc) is 2.26. The van der Waals surface area contributed by atoms with E-state index in [2.05, 4.69) is 0 Å². The minimum Gasteiger partial charge on any atom is -0.493 e. The lowest BCUT2D eigenvalue weighted by atomic mass is 10.2. The quantitative estimate of drug-likeness (QED) is 0.555. The SMILES string of the molecule is COCCCOc1ccc(F)cc1CCl. The fourth-order valence-electron chi connectivity index (χ4n) is 1.18. The first-order chi connectivity index (χ1) is 7.27. The van der Waals surface area contributed by atoms with Crippen LogP contribution in [-0.4, -0.2) is 20.3 Å². The number of benzene rings is 1. The van der Waals surface area contributed by atoms with Crippen LogP contribution in [0.3, 0.4) is 0 Å². The average molecular weight is 233 g/mol. The zero-order chi connectivity index (χ0) is 11.1. The lowest BCUT2D eigenvalue weighted by Gasteiger charge is -2.09. The Bertz CT molecular complexity index is 305. The van der Waals surface area contributed by atoms with Gasteiger partial charge >= 0.3 is 0 Å². The summed E-state index contributed by atoms with van der Waals surface area (Å²) >= 11 is 5.67. The van der Waals surface area contributed by atoms with Gasteiger partial charge in [0.2, 0.25) is 0 Å². The standard InChI is InChI=1S/C11H14ClFO2/c1-14-5-2-6-15-11-4-3-10(13)7-9(11)8-12/h3-4,7H,2,5-6,8H2,1H3. The second-order valence-electron chi connectivity index (χ2n) is 3.08. The minimum absolute atomic E-state index is 0.247. The molecule has 0 saturated heterocycles. The predicted molar refractivity (Wildman–Crippen MR) is 57.9 cm³/mol. The number of methoxy groups -OCH3 is 1. The minimum atomic E-state index is -0.296. The molecule has 0 aliphatic heterocycles. The van der Waals surface area contributed by atoms with Crippen molar-refractivity contribution in [3.63, 3.8) is 0 Å². The van der Waals surface area contributed by atoms with Crippen LogP contribution in [0.15, 0.2) is 18.2 Å². The maximum Gasteiger partial charge on any atom is 0.123 e.